The molecule has 1 aliphatic heterocycles. The lowest BCUT2D eigenvalue weighted by molar-refractivity contribution is 0.0572. The van der Waals surface area contributed by atoms with Crippen LogP contribution >= 0.6 is 0 Å². The van der Waals surface area contributed by atoms with Gasteiger partial charge in [0.15, 0.2) is 0 Å². The summed E-state index contributed by atoms with van der Waals surface area (Å²) in [6, 6.07) is 12.3. The molecule has 2 aromatic carbocycles. The fourth-order valence-electron chi connectivity index (χ4n) is 2.49. The third kappa shape index (κ3) is 2.10. The van der Waals surface area contributed by atoms with Gasteiger partial charge in [0, 0.05) is 18.5 Å². The van der Waals surface area contributed by atoms with E-state index in [4.69, 9.17) is 0 Å². The second-order valence-electron chi connectivity index (χ2n) is 4.93. The summed E-state index contributed by atoms with van der Waals surface area (Å²) in [6.45, 7) is -0.153. The van der Waals surface area contributed by atoms with Crippen molar-refractivity contribution in [1.82, 2.24) is 4.31 Å². The van der Waals surface area contributed by atoms with Gasteiger partial charge in [-0.25, -0.2) is 8.42 Å². The summed E-state index contributed by atoms with van der Waals surface area (Å²) in [5, 5.41) is 20.6. The van der Waals surface area contributed by atoms with Crippen LogP contribution in [-0.2, 0) is 10.0 Å². The number of β-amino-alcohol motifs (C(OH)–C–C–N with tert-alkyl or cyclic N) is 2. The van der Waals surface area contributed by atoms with Crippen LogP contribution < -0.4 is 0 Å². The van der Waals surface area contributed by atoms with E-state index in [9.17, 15) is 18.6 Å². The Bertz CT molecular complexity index is 728. The predicted molar refractivity (Wildman–Crippen MR) is 74.7 cm³/mol. The second-order valence-corrected chi connectivity index (χ2v) is 6.84. The standard InChI is InChI=1S/C14H15NO4S/c16-12-8-15(9-13(12)17)20(18,19)14-7-3-5-10-4-1-2-6-11(10)14/h1-7,12-13,16-17H,8-9H2/t12-,13+. The van der Waals surface area contributed by atoms with Gasteiger partial charge >= 0.3 is 0 Å². The van der Waals surface area contributed by atoms with Crippen LogP contribution in [0.4, 0.5) is 0 Å². The highest BCUT2D eigenvalue weighted by molar-refractivity contribution is 7.89. The number of rotatable bonds is 2. The lowest BCUT2D eigenvalue weighted by Gasteiger charge is -2.17. The molecule has 0 radical (unpaired) electrons. The molecule has 2 atom stereocenters. The maximum atomic E-state index is 12.6. The first-order valence-electron chi connectivity index (χ1n) is 6.34. The lowest BCUT2D eigenvalue weighted by Crippen LogP contribution is -2.30. The van der Waals surface area contributed by atoms with Gasteiger partial charge in [0.1, 0.15) is 0 Å². The summed E-state index contributed by atoms with van der Waals surface area (Å²) >= 11 is 0. The molecule has 0 saturated carbocycles. The topological polar surface area (TPSA) is 77.8 Å². The van der Waals surface area contributed by atoms with Crippen molar-refractivity contribution in [3.63, 3.8) is 0 Å². The van der Waals surface area contributed by atoms with Crippen molar-refractivity contribution in [2.45, 2.75) is 17.1 Å². The van der Waals surface area contributed by atoms with Crippen LogP contribution in [0.1, 0.15) is 0 Å². The number of aliphatic hydroxyl groups is 2. The van der Waals surface area contributed by atoms with Crippen LogP contribution in [0.5, 0.6) is 0 Å². The van der Waals surface area contributed by atoms with Gasteiger partial charge in [-0.3, -0.25) is 0 Å². The molecular weight excluding hydrogens is 278 g/mol. The van der Waals surface area contributed by atoms with Crippen molar-refractivity contribution in [3.8, 4) is 0 Å². The molecule has 0 unspecified atom stereocenters. The number of hydrogen-bond donors (Lipinski definition) is 2. The molecule has 1 fully saturated rings. The summed E-state index contributed by atoms with van der Waals surface area (Å²) < 4.78 is 26.4. The molecule has 0 aliphatic carbocycles. The Morgan fingerprint density at radius 2 is 1.55 bits per heavy atom. The highest BCUT2D eigenvalue weighted by Gasteiger charge is 2.38. The van der Waals surface area contributed by atoms with Gasteiger partial charge in [0.05, 0.1) is 17.1 Å². The van der Waals surface area contributed by atoms with E-state index in [1.165, 1.54) is 0 Å². The smallest absolute Gasteiger partial charge is 0.243 e. The van der Waals surface area contributed by atoms with E-state index in [1.54, 1.807) is 24.3 Å². The molecule has 1 saturated heterocycles. The SMILES string of the molecule is O=S(=O)(c1cccc2ccccc12)N1C[C@@H](O)[C@@H](O)C1. The van der Waals surface area contributed by atoms with Crippen LogP contribution in [0.3, 0.4) is 0 Å². The third-order valence-corrected chi connectivity index (χ3v) is 5.48. The van der Waals surface area contributed by atoms with Crippen LogP contribution in [0.25, 0.3) is 10.8 Å². The summed E-state index contributed by atoms with van der Waals surface area (Å²) in [4.78, 5) is 0.205. The van der Waals surface area contributed by atoms with Crippen LogP contribution in [-0.4, -0.2) is 48.2 Å². The predicted octanol–water partition coefficient (Wildman–Crippen LogP) is 0.566. The van der Waals surface area contributed by atoms with E-state index in [1.807, 2.05) is 18.2 Å². The molecule has 6 heteroatoms. The van der Waals surface area contributed by atoms with Gasteiger partial charge in [-0.2, -0.15) is 4.31 Å². The van der Waals surface area contributed by atoms with Gasteiger partial charge in [0.2, 0.25) is 10.0 Å². The van der Waals surface area contributed by atoms with Crippen molar-refractivity contribution in [2.75, 3.05) is 13.1 Å². The zero-order valence-electron chi connectivity index (χ0n) is 10.7. The van der Waals surface area contributed by atoms with Crippen molar-refractivity contribution in [2.24, 2.45) is 0 Å². The Kier molecular flexibility index (Phi) is 3.25. The van der Waals surface area contributed by atoms with Gasteiger partial charge in [-0.05, 0) is 11.5 Å². The molecule has 0 bridgehead atoms. The summed E-state index contributed by atoms with van der Waals surface area (Å²) in [6.07, 6.45) is -2.06. The number of fused-ring (bicyclic) bond motifs is 1. The van der Waals surface area contributed by atoms with E-state index in [2.05, 4.69) is 0 Å². The van der Waals surface area contributed by atoms with E-state index >= 15 is 0 Å². The number of nitrogens with zero attached hydrogens (tertiary/aromatic N) is 1. The minimum absolute atomic E-state index is 0.0767. The van der Waals surface area contributed by atoms with Gasteiger partial charge < -0.3 is 10.2 Å². The number of benzene rings is 2. The zero-order valence-corrected chi connectivity index (χ0v) is 11.5. The average molecular weight is 293 g/mol. The van der Waals surface area contributed by atoms with E-state index < -0.39 is 22.2 Å². The Labute approximate surface area is 117 Å². The Hall–Kier alpha value is -1.47. The highest BCUT2D eigenvalue weighted by atomic mass is 32.2. The molecule has 1 heterocycles. The molecule has 5 nitrogen and oxygen atoms in total. The number of sulfonamides is 1. The molecule has 0 spiro atoms. The van der Waals surface area contributed by atoms with Crippen LogP contribution in [0, 0.1) is 0 Å². The lowest BCUT2D eigenvalue weighted by atomic mass is 10.1. The fraction of sp³-hybridized carbons (Fsp3) is 0.286. The molecule has 0 aromatic heterocycles. The van der Waals surface area contributed by atoms with Gasteiger partial charge in [-0.15, -0.1) is 0 Å². The summed E-state index contributed by atoms with van der Waals surface area (Å²) in [5.41, 5.74) is 0. The highest BCUT2D eigenvalue weighted by Crippen LogP contribution is 2.27. The average Bonchev–Trinajstić information content (AvgIpc) is 2.79. The normalized spacial score (nSPS) is 24.3. The molecule has 1 aliphatic rings. The monoisotopic (exact) mass is 293 g/mol. The van der Waals surface area contributed by atoms with Gasteiger partial charge in [0.25, 0.3) is 0 Å². The molecule has 2 aromatic rings. The molecule has 3 rings (SSSR count). The van der Waals surface area contributed by atoms with Gasteiger partial charge in [-0.1, -0.05) is 36.4 Å². The minimum Gasteiger partial charge on any atom is -0.389 e. The van der Waals surface area contributed by atoms with Crippen molar-refractivity contribution in [3.05, 3.63) is 42.5 Å². The summed E-state index contributed by atoms with van der Waals surface area (Å²) in [7, 11) is -3.72. The largest absolute Gasteiger partial charge is 0.389 e. The quantitative estimate of drug-likeness (QED) is 0.848. The van der Waals surface area contributed by atoms with Crippen molar-refractivity contribution >= 4 is 20.8 Å². The van der Waals surface area contributed by atoms with E-state index in [0.717, 1.165) is 9.69 Å². The Morgan fingerprint density at radius 1 is 0.950 bits per heavy atom. The molecule has 2 N–H and O–H groups in total. The van der Waals surface area contributed by atoms with E-state index in [0.29, 0.717) is 5.39 Å². The maximum absolute atomic E-state index is 12.6. The third-order valence-electron chi connectivity index (χ3n) is 3.59. The molecule has 106 valence electrons. The minimum atomic E-state index is -3.72. The Balaban J connectivity index is 2.11. The first kappa shape index (κ1) is 13.5. The van der Waals surface area contributed by atoms with Crippen molar-refractivity contribution < 1.29 is 18.6 Å². The van der Waals surface area contributed by atoms with Crippen LogP contribution in [0.15, 0.2) is 47.4 Å². The number of aliphatic hydroxyl groups excluding tert-OH is 2. The van der Waals surface area contributed by atoms with E-state index in [-0.39, 0.29) is 18.0 Å². The van der Waals surface area contributed by atoms with Crippen molar-refractivity contribution in [1.29, 1.82) is 0 Å². The fourth-order valence-corrected chi connectivity index (χ4v) is 4.18. The second kappa shape index (κ2) is 4.82. The first-order valence-corrected chi connectivity index (χ1v) is 7.78. The molecular formula is C14H15NO4S. The van der Waals surface area contributed by atoms with Crippen LogP contribution in [0.2, 0.25) is 0 Å². The zero-order chi connectivity index (χ0) is 14.3. The Morgan fingerprint density at radius 3 is 2.25 bits per heavy atom. The maximum Gasteiger partial charge on any atom is 0.243 e. The molecule has 20 heavy (non-hydrogen) atoms. The number of hydrogen-bond acceptors (Lipinski definition) is 4. The molecule has 0 amide bonds. The first-order chi connectivity index (χ1) is 9.50. The summed E-state index contributed by atoms with van der Waals surface area (Å²) in [5.74, 6) is 0.